The first-order chi connectivity index (χ1) is 10.7. The van der Waals surface area contributed by atoms with Crippen LogP contribution in [0.2, 0.25) is 0 Å². The minimum Gasteiger partial charge on any atom is -0.307 e. The lowest BCUT2D eigenvalue weighted by Gasteiger charge is -2.10. The zero-order chi connectivity index (χ0) is 15.3. The van der Waals surface area contributed by atoms with E-state index in [9.17, 15) is 0 Å². The molecule has 1 heterocycles. The van der Waals surface area contributed by atoms with Crippen molar-refractivity contribution in [2.45, 2.75) is 0 Å². The van der Waals surface area contributed by atoms with Crippen LogP contribution in [0.1, 0.15) is 0 Å². The van der Waals surface area contributed by atoms with E-state index in [1.54, 1.807) is 0 Å². The third-order valence-corrected chi connectivity index (χ3v) is 5.60. The molecule has 0 radical (unpaired) electrons. The predicted molar refractivity (Wildman–Crippen MR) is 104 cm³/mol. The van der Waals surface area contributed by atoms with Gasteiger partial charge in [0.25, 0.3) is 0 Å². The van der Waals surface area contributed by atoms with E-state index < -0.39 is 0 Å². The fourth-order valence-corrected chi connectivity index (χ4v) is 4.25. The summed E-state index contributed by atoms with van der Waals surface area (Å²) in [5.41, 5.74) is 3.51. The van der Waals surface area contributed by atoms with Gasteiger partial charge in [0.15, 0.2) is 0 Å². The number of aromatic nitrogens is 1. The Morgan fingerprint density at radius 1 is 0.682 bits per heavy atom. The highest BCUT2D eigenvalue weighted by Gasteiger charge is 2.15. The number of hydrogen-bond acceptors (Lipinski definition) is 0. The first-order valence-corrected chi connectivity index (χ1v) is 9.18. The van der Waals surface area contributed by atoms with E-state index >= 15 is 0 Å². The van der Waals surface area contributed by atoms with E-state index in [0.717, 1.165) is 19.1 Å². The van der Waals surface area contributed by atoms with Gasteiger partial charge in [0.05, 0.1) is 16.7 Å². The van der Waals surface area contributed by atoms with Crippen LogP contribution in [0.5, 0.6) is 0 Å². The molecule has 0 bridgehead atoms. The predicted octanol–water partition coefficient (Wildman–Crippen LogP) is 7.07. The number of nitrogens with zero attached hydrogens (tertiary/aromatic N) is 1. The lowest BCUT2D eigenvalue weighted by Crippen LogP contribution is -1.95. The maximum absolute atomic E-state index is 3.72. The van der Waals surface area contributed by atoms with Gasteiger partial charge in [-0.2, -0.15) is 0 Å². The maximum atomic E-state index is 3.72. The zero-order valence-electron chi connectivity index (χ0n) is 11.4. The van der Waals surface area contributed by atoms with E-state index in [-0.39, 0.29) is 0 Å². The maximum Gasteiger partial charge on any atom is 0.0683 e. The molecule has 108 valence electrons. The van der Waals surface area contributed by atoms with Gasteiger partial charge in [0.1, 0.15) is 0 Å². The van der Waals surface area contributed by atoms with Crippen LogP contribution in [0.3, 0.4) is 0 Å². The van der Waals surface area contributed by atoms with Gasteiger partial charge in [-0.1, -0.05) is 40.2 Å². The minimum atomic E-state index is 1.08. The average Bonchev–Trinajstić information content (AvgIpc) is 2.83. The second-order valence-electron chi connectivity index (χ2n) is 5.08. The van der Waals surface area contributed by atoms with Crippen LogP contribution in [-0.2, 0) is 0 Å². The Labute approximate surface area is 153 Å². The van der Waals surface area contributed by atoms with Gasteiger partial charge in [-0.15, -0.1) is 0 Å². The Hall–Kier alpha value is -1.10. The van der Waals surface area contributed by atoms with Crippen LogP contribution in [0, 0.1) is 0 Å². The van der Waals surface area contributed by atoms with E-state index in [0.29, 0.717) is 0 Å². The second-order valence-corrected chi connectivity index (χ2v) is 7.71. The summed E-state index contributed by atoms with van der Waals surface area (Å²) >= 11 is 11.0. The Morgan fingerprint density at radius 2 is 1.45 bits per heavy atom. The van der Waals surface area contributed by atoms with Crippen molar-refractivity contribution in [3.05, 3.63) is 74.1 Å². The molecule has 0 aliphatic rings. The van der Waals surface area contributed by atoms with Gasteiger partial charge in [-0.05, 0) is 68.3 Å². The van der Waals surface area contributed by atoms with Crippen LogP contribution >= 0.6 is 47.8 Å². The Bertz CT molecular complexity index is 1020. The molecule has 0 N–H and O–H groups in total. The minimum absolute atomic E-state index is 1.08. The average molecular weight is 480 g/mol. The SMILES string of the molecule is Brc1ccc2c(c1)c1cccc(Br)c1n2-c1ccccc1Br. The first-order valence-electron chi connectivity index (χ1n) is 6.80. The number of rotatable bonds is 1. The summed E-state index contributed by atoms with van der Waals surface area (Å²) in [5, 5.41) is 2.47. The van der Waals surface area contributed by atoms with Gasteiger partial charge in [-0.25, -0.2) is 0 Å². The third-order valence-electron chi connectivity index (χ3n) is 3.79. The summed E-state index contributed by atoms with van der Waals surface area (Å²) in [6.07, 6.45) is 0. The summed E-state index contributed by atoms with van der Waals surface area (Å²) in [4.78, 5) is 0. The fourth-order valence-electron chi connectivity index (χ4n) is 2.88. The van der Waals surface area contributed by atoms with Gasteiger partial charge in [0.2, 0.25) is 0 Å². The largest absolute Gasteiger partial charge is 0.307 e. The van der Waals surface area contributed by atoms with E-state index in [2.05, 4.69) is 107 Å². The van der Waals surface area contributed by atoms with Crippen LogP contribution in [0.25, 0.3) is 27.5 Å². The van der Waals surface area contributed by atoms with Crippen molar-refractivity contribution in [1.82, 2.24) is 4.57 Å². The van der Waals surface area contributed by atoms with Crippen molar-refractivity contribution in [3.8, 4) is 5.69 Å². The molecule has 4 aromatic rings. The highest BCUT2D eigenvalue weighted by Crippen LogP contribution is 2.38. The molecule has 0 aliphatic heterocycles. The van der Waals surface area contributed by atoms with Crippen LogP contribution in [-0.4, -0.2) is 4.57 Å². The molecule has 0 fully saturated rings. The number of para-hydroxylation sites is 2. The molecule has 0 saturated heterocycles. The zero-order valence-corrected chi connectivity index (χ0v) is 16.1. The molecular formula is C18H10Br3N. The van der Waals surface area contributed by atoms with Gasteiger partial charge < -0.3 is 4.57 Å². The van der Waals surface area contributed by atoms with Crippen molar-refractivity contribution in [2.24, 2.45) is 0 Å². The Balaban J connectivity index is 2.27. The molecule has 0 atom stereocenters. The second kappa shape index (κ2) is 5.52. The molecule has 4 heteroatoms. The summed E-state index contributed by atoms with van der Waals surface area (Å²) in [5.74, 6) is 0. The quantitative estimate of drug-likeness (QED) is 0.275. The molecule has 4 rings (SSSR count). The first kappa shape index (κ1) is 14.5. The summed E-state index contributed by atoms with van der Waals surface area (Å²) in [7, 11) is 0. The number of benzene rings is 3. The van der Waals surface area contributed by atoms with Crippen molar-refractivity contribution in [3.63, 3.8) is 0 Å². The molecule has 0 saturated carbocycles. The monoisotopic (exact) mass is 477 g/mol. The summed E-state index contributed by atoms with van der Waals surface area (Å²) in [6, 6.07) is 21.1. The molecule has 0 amide bonds. The standard InChI is InChI=1S/C18H10Br3N/c19-11-8-9-16-13(10-11)12-4-3-6-15(21)18(12)22(16)17-7-2-1-5-14(17)20/h1-10H. The molecule has 0 unspecified atom stereocenters. The molecular weight excluding hydrogens is 470 g/mol. The smallest absolute Gasteiger partial charge is 0.0683 e. The van der Waals surface area contributed by atoms with Crippen molar-refractivity contribution < 1.29 is 0 Å². The van der Waals surface area contributed by atoms with Gasteiger partial charge in [0, 0.05) is 24.2 Å². The summed E-state index contributed by atoms with van der Waals surface area (Å²) in [6.45, 7) is 0. The van der Waals surface area contributed by atoms with Gasteiger partial charge >= 0.3 is 0 Å². The van der Waals surface area contributed by atoms with Crippen LogP contribution in [0.15, 0.2) is 74.1 Å². The number of halogens is 3. The van der Waals surface area contributed by atoms with Crippen LogP contribution < -0.4 is 0 Å². The Morgan fingerprint density at radius 3 is 2.27 bits per heavy atom. The lowest BCUT2D eigenvalue weighted by atomic mass is 10.2. The molecule has 3 aromatic carbocycles. The molecule has 22 heavy (non-hydrogen) atoms. The van der Waals surface area contributed by atoms with E-state index in [1.807, 2.05) is 6.07 Å². The van der Waals surface area contributed by atoms with Crippen molar-refractivity contribution in [1.29, 1.82) is 0 Å². The van der Waals surface area contributed by atoms with E-state index in [1.165, 1.54) is 21.8 Å². The highest BCUT2D eigenvalue weighted by molar-refractivity contribution is 9.11. The van der Waals surface area contributed by atoms with Gasteiger partial charge in [-0.3, -0.25) is 0 Å². The molecule has 1 aromatic heterocycles. The topological polar surface area (TPSA) is 4.93 Å². The number of fused-ring (bicyclic) bond motifs is 3. The lowest BCUT2D eigenvalue weighted by molar-refractivity contribution is 1.16. The number of hydrogen-bond donors (Lipinski definition) is 0. The highest BCUT2D eigenvalue weighted by atomic mass is 79.9. The van der Waals surface area contributed by atoms with Crippen LogP contribution in [0.4, 0.5) is 0 Å². The summed E-state index contributed by atoms with van der Waals surface area (Å²) < 4.78 is 5.55. The third kappa shape index (κ3) is 2.16. The molecule has 0 spiro atoms. The normalized spacial score (nSPS) is 11.4. The molecule has 0 aliphatic carbocycles. The van der Waals surface area contributed by atoms with E-state index in [4.69, 9.17) is 0 Å². The van der Waals surface area contributed by atoms with Crippen molar-refractivity contribution in [2.75, 3.05) is 0 Å². The molecule has 1 nitrogen and oxygen atoms in total. The van der Waals surface area contributed by atoms with Crippen molar-refractivity contribution >= 4 is 69.6 Å². The fraction of sp³-hybridized carbons (Fsp3) is 0. The Kier molecular flexibility index (Phi) is 3.63.